The van der Waals surface area contributed by atoms with Gasteiger partial charge in [0.2, 0.25) is 5.91 Å². The first-order valence-corrected chi connectivity index (χ1v) is 4.21. The van der Waals surface area contributed by atoms with Crippen LogP contribution in [-0.2, 0) is 11.8 Å². The van der Waals surface area contributed by atoms with E-state index in [-0.39, 0.29) is 11.8 Å². The summed E-state index contributed by atoms with van der Waals surface area (Å²) in [6.07, 6.45) is 5.62. The summed E-state index contributed by atoms with van der Waals surface area (Å²) < 4.78 is 0. The van der Waals surface area contributed by atoms with E-state index in [1.807, 2.05) is 0 Å². The smallest absolute Gasteiger partial charge is 0.272 e. The summed E-state index contributed by atoms with van der Waals surface area (Å²) in [6, 6.07) is 0. The maximum absolute atomic E-state index is 11.5. The second-order valence-corrected chi connectivity index (χ2v) is 3.15. The topological polar surface area (TPSA) is 63.9 Å². The first kappa shape index (κ1) is 8.69. The first-order valence-electron chi connectivity index (χ1n) is 4.21. The Morgan fingerprint density at radius 1 is 1.64 bits per heavy atom. The fourth-order valence-corrected chi connectivity index (χ4v) is 1.39. The van der Waals surface area contributed by atoms with Crippen molar-refractivity contribution in [1.29, 1.82) is 0 Å². The number of carbonyl (C=O) groups is 1. The summed E-state index contributed by atoms with van der Waals surface area (Å²) in [6.45, 7) is 0.487. The normalized spacial score (nSPS) is 21.3. The molecule has 14 heavy (non-hydrogen) atoms. The number of rotatable bonds is 1. The minimum absolute atomic E-state index is 0.0358. The van der Waals surface area contributed by atoms with Gasteiger partial charge in [-0.15, -0.1) is 17.4 Å². The van der Waals surface area contributed by atoms with Crippen LogP contribution in [0.5, 0.6) is 0 Å². The van der Waals surface area contributed by atoms with Crippen LogP contribution >= 0.6 is 0 Å². The van der Waals surface area contributed by atoms with Crippen LogP contribution < -0.4 is 4.90 Å². The molecule has 1 amide bonds. The van der Waals surface area contributed by atoms with Gasteiger partial charge in [-0.25, -0.2) is 0 Å². The van der Waals surface area contributed by atoms with Crippen molar-refractivity contribution in [3.05, 3.63) is 0 Å². The van der Waals surface area contributed by atoms with Crippen molar-refractivity contribution in [3.63, 3.8) is 0 Å². The molecule has 0 aromatic carbocycles. The summed E-state index contributed by atoms with van der Waals surface area (Å²) in [5.41, 5.74) is 0. The predicted octanol–water partition coefficient (Wildman–Crippen LogP) is -0.804. The standard InChI is InChI=1S/C8H9N5O/c1-3-6-4-7(14)13(5-6)8-9-11-12(2)10-8/h1,6H,4-5H2,2H3. The molecule has 1 aliphatic heterocycles. The van der Waals surface area contributed by atoms with Gasteiger partial charge in [0.25, 0.3) is 5.95 Å². The third kappa shape index (κ3) is 1.33. The van der Waals surface area contributed by atoms with E-state index in [2.05, 4.69) is 21.3 Å². The summed E-state index contributed by atoms with van der Waals surface area (Å²) in [7, 11) is 1.65. The van der Waals surface area contributed by atoms with Crippen LogP contribution in [0.1, 0.15) is 6.42 Å². The van der Waals surface area contributed by atoms with E-state index in [9.17, 15) is 4.79 Å². The van der Waals surface area contributed by atoms with Gasteiger partial charge < -0.3 is 0 Å². The molecule has 72 valence electrons. The molecule has 6 heteroatoms. The van der Waals surface area contributed by atoms with Gasteiger partial charge in [0.15, 0.2) is 0 Å². The Hall–Kier alpha value is -1.90. The molecule has 1 fully saturated rings. The SMILES string of the molecule is C#CC1CC(=O)N(c2nnn(C)n2)C1. The lowest BCUT2D eigenvalue weighted by Gasteiger charge is -2.08. The molecule has 0 radical (unpaired) electrons. The molecule has 0 saturated carbocycles. The van der Waals surface area contributed by atoms with E-state index >= 15 is 0 Å². The van der Waals surface area contributed by atoms with Crippen molar-refractivity contribution < 1.29 is 4.79 Å². The fourth-order valence-electron chi connectivity index (χ4n) is 1.39. The van der Waals surface area contributed by atoms with E-state index in [1.54, 1.807) is 7.05 Å². The van der Waals surface area contributed by atoms with E-state index in [0.29, 0.717) is 18.9 Å². The lowest BCUT2D eigenvalue weighted by Crippen LogP contribution is -2.25. The molecule has 2 heterocycles. The Labute approximate surface area is 80.9 Å². The van der Waals surface area contributed by atoms with Gasteiger partial charge >= 0.3 is 0 Å². The minimum atomic E-state index is -0.0408. The molecular formula is C8H9N5O. The minimum Gasteiger partial charge on any atom is -0.277 e. The zero-order valence-electron chi connectivity index (χ0n) is 7.71. The molecular weight excluding hydrogens is 182 g/mol. The van der Waals surface area contributed by atoms with Gasteiger partial charge in [-0.3, -0.25) is 9.69 Å². The molecule has 1 aromatic rings. The lowest BCUT2D eigenvalue weighted by molar-refractivity contribution is -0.117. The average Bonchev–Trinajstić information content (AvgIpc) is 2.71. The van der Waals surface area contributed by atoms with Crippen molar-refractivity contribution in [2.24, 2.45) is 13.0 Å². The van der Waals surface area contributed by atoms with Crippen molar-refractivity contribution in [2.45, 2.75) is 6.42 Å². The molecule has 0 N–H and O–H groups in total. The molecule has 0 spiro atoms. The van der Waals surface area contributed by atoms with Gasteiger partial charge in [0, 0.05) is 18.9 Å². The number of aromatic nitrogens is 4. The van der Waals surface area contributed by atoms with E-state index in [0.717, 1.165) is 0 Å². The fraction of sp³-hybridized carbons (Fsp3) is 0.500. The number of carbonyl (C=O) groups excluding carboxylic acids is 1. The number of anilines is 1. The number of hydrogen-bond donors (Lipinski definition) is 0. The second-order valence-electron chi connectivity index (χ2n) is 3.15. The van der Waals surface area contributed by atoms with Gasteiger partial charge in [0.05, 0.1) is 7.05 Å². The van der Waals surface area contributed by atoms with Crippen LogP contribution in [-0.4, -0.2) is 32.7 Å². The zero-order chi connectivity index (χ0) is 10.1. The maximum Gasteiger partial charge on any atom is 0.272 e. The molecule has 0 bridgehead atoms. The van der Waals surface area contributed by atoms with Crippen LogP contribution in [0.2, 0.25) is 0 Å². The highest BCUT2D eigenvalue weighted by Crippen LogP contribution is 2.20. The number of hydrogen-bond acceptors (Lipinski definition) is 4. The van der Waals surface area contributed by atoms with E-state index in [4.69, 9.17) is 6.42 Å². The highest BCUT2D eigenvalue weighted by molar-refractivity contribution is 5.94. The third-order valence-corrected chi connectivity index (χ3v) is 2.10. The van der Waals surface area contributed by atoms with Crippen LogP contribution in [0.4, 0.5) is 5.95 Å². The quantitative estimate of drug-likeness (QED) is 0.545. The number of amides is 1. The van der Waals surface area contributed by atoms with Crippen molar-refractivity contribution >= 4 is 11.9 Å². The maximum atomic E-state index is 11.5. The molecule has 6 nitrogen and oxygen atoms in total. The van der Waals surface area contributed by atoms with Crippen molar-refractivity contribution in [2.75, 3.05) is 11.4 Å². The Balaban J connectivity index is 2.21. The zero-order valence-corrected chi connectivity index (χ0v) is 7.71. The molecule has 1 saturated heterocycles. The van der Waals surface area contributed by atoms with Gasteiger partial charge in [0.1, 0.15) is 0 Å². The Morgan fingerprint density at radius 3 is 2.93 bits per heavy atom. The number of nitrogens with zero attached hydrogens (tertiary/aromatic N) is 5. The first-order chi connectivity index (χ1) is 6.70. The molecule has 1 unspecified atom stereocenters. The summed E-state index contributed by atoms with van der Waals surface area (Å²) in [5, 5.41) is 11.4. The summed E-state index contributed by atoms with van der Waals surface area (Å²) in [4.78, 5) is 14.2. The molecule has 2 rings (SSSR count). The summed E-state index contributed by atoms with van der Waals surface area (Å²) in [5.74, 6) is 2.81. The van der Waals surface area contributed by atoms with E-state index in [1.165, 1.54) is 9.70 Å². The van der Waals surface area contributed by atoms with Crippen LogP contribution in [0.15, 0.2) is 0 Å². The Bertz CT molecular complexity index is 404. The van der Waals surface area contributed by atoms with Gasteiger partial charge in [-0.05, 0) is 5.21 Å². The number of aryl methyl sites for hydroxylation is 1. The monoisotopic (exact) mass is 191 g/mol. The van der Waals surface area contributed by atoms with E-state index < -0.39 is 0 Å². The number of tetrazole rings is 1. The third-order valence-electron chi connectivity index (χ3n) is 2.10. The van der Waals surface area contributed by atoms with Gasteiger partial charge in [-0.1, -0.05) is 5.10 Å². The average molecular weight is 191 g/mol. The molecule has 0 aliphatic carbocycles. The molecule has 1 aromatic heterocycles. The largest absolute Gasteiger partial charge is 0.277 e. The van der Waals surface area contributed by atoms with Crippen LogP contribution in [0.25, 0.3) is 0 Å². The summed E-state index contributed by atoms with van der Waals surface area (Å²) >= 11 is 0. The van der Waals surface area contributed by atoms with Crippen LogP contribution in [0.3, 0.4) is 0 Å². The van der Waals surface area contributed by atoms with Gasteiger partial charge in [-0.2, -0.15) is 4.80 Å². The number of terminal acetylenes is 1. The van der Waals surface area contributed by atoms with Crippen LogP contribution in [0, 0.1) is 18.3 Å². The molecule has 1 aliphatic rings. The lowest BCUT2D eigenvalue weighted by atomic mass is 10.1. The van der Waals surface area contributed by atoms with Crippen molar-refractivity contribution in [1.82, 2.24) is 20.2 Å². The highest BCUT2D eigenvalue weighted by Gasteiger charge is 2.31. The Morgan fingerprint density at radius 2 is 2.43 bits per heavy atom. The predicted molar refractivity (Wildman–Crippen MR) is 48.1 cm³/mol. The van der Waals surface area contributed by atoms with Crippen molar-refractivity contribution in [3.8, 4) is 12.3 Å². The highest BCUT2D eigenvalue weighted by atomic mass is 16.2. The Kier molecular flexibility index (Phi) is 1.93. The molecule has 1 atom stereocenters. The second kappa shape index (κ2) is 3.10.